The normalized spacial score (nSPS) is 16.8. The smallest absolute Gasteiger partial charge is 0.259 e. The van der Waals surface area contributed by atoms with Gasteiger partial charge in [0.2, 0.25) is 0 Å². The van der Waals surface area contributed by atoms with Gasteiger partial charge in [-0.3, -0.25) is 19.6 Å². The molecule has 0 bridgehead atoms. The van der Waals surface area contributed by atoms with Gasteiger partial charge in [-0.05, 0) is 25.1 Å². The van der Waals surface area contributed by atoms with E-state index in [2.05, 4.69) is 14.8 Å². The number of methoxy groups -OCH3 is 1. The molecule has 2 N–H and O–H groups in total. The summed E-state index contributed by atoms with van der Waals surface area (Å²) in [6.45, 7) is 6.42. The Kier molecular flexibility index (Phi) is 7.38. The van der Waals surface area contributed by atoms with Gasteiger partial charge in [0.25, 0.3) is 5.56 Å². The molecule has 1 atom stereocenters. The van der Waals surface area contributed by atoms with Gasteiger partial charge in [-0.1, -0.05) is 6.07 Å². The van der Waals surface area contributed by atoms with Crippen LogP contribution in [0.25, 0.3) is 0 Å². The second kappa shape index (κ2) is 9.98. The van der Waals surface area contributed by atoms with Crippen molar-refractivity contribution >= 4 is 0 Å². The molecule has 8 nitrogen and oxygen atoms in total. The molecule has 3 rings (SSSR count). The van der Waals surface area contributed by atoms with Gasteiger partial charge in [0.15, 0.2) is 0 Å². The number of hydrogen-bond donors (Lipinski definition) is 2. The molecule has 0 spiro atoms. The molecule has 2 aromatic heterocycles. The van der Waals surface area contributed by atoms with Crippen molar-refractivity contribution < 1.29 is 14.9 Å². The number of nitrogens with zero attached hydrogens (tertiary/aromatic N) is 4. The molecule has 0 aliphatic carbocycles. The fourth-order valence-corrected chi connectivity index (χ4v) is 3.93. The van der Waals surface area contributed by atoms with Crippen molar-refractivity contribution in [2.45, 2.75) is 19.5 Å². The minimum atomic E-state index is -0.436. The first kappa shape index (κ1) is 21.4. The highest BCUT2D eigenvalue weighted by atomic mass is 16.5. The Bertz CT molecular complexity index is 848. The highest BCUT2D eigenvalue weighted by Crippen LogP contribution is 2.32. The molecule has 0 aromatic carbocycles. The third-order valence-electron chi connectivity index (χ3n) is 5.47. The van der Waals surface area contributed by atoms with E-state index in [1.54, 1.807) is 23.9 Å². The van der Waals surface area contributed by atoms with Crippen LogP contribution in [0.1, 0.15) is 23.0 Å². The molecule has 1 aliphatic heterocycles. The summed E-state index contributed by atoms with van der Waals surface area (Å²) in [5, 5.41) is 20.0. The number of piperazine rings is 1. The predicted molar refractivity (Wildman–Crippen MR) is 110 cm³/mol. The number of rotatable bonds is 8. The summed E-state index contributed by atoms with van der Waals surface area (Å²) in [5.74, 6) is -0.00499. The largest absolute Gasteiger partial charge is 0.507 e. The number of β-amino-alcohol motifs (C(OH)–C–C–N with tert-alkyl or cyclic N) is 1. The number of aliphatic hydroxyl groups is 1. The molecule has 0 amide bonds. The summed E-state index contributed by atoms with van der Waals surface area (Å²) in [6, 6.07) is 6.83. The van der Waals surface area contributed by atoms with Crippen molar-refractivity contribution in [2.24, 2.45) is 0 Å². The van der Waals surface area contributed by atoms with Crippen LogP contribution in [0.3, 0.4) is 0 Å². The van der Waals surface area contributed by atoms with Gasteiger partial charge in [-0.15, -0.1) is 0 Å². The summed E-state index contributed by atoms with van der Waals surface area (Å²) in [7, 11) is 1.60. The number of aromatic hydroxyl groups is 1. The first-order valence-electron chi connectivity index (χ1n) is 9.97. The van der Waals surface area contributed by atoms with Gasteiger partial charge in [-0.2, -0.15) is 0 Å². The molecular formula is C21H30N4O4. The maximum absolute atomic E-state index is 13.4. The Morgan fingerprint density at radius 1 is 1.21 bits per heavy atom. The third kappa shape index (κ3) is 4.84. The SMILES string of the molecule is COCCn1c(C)cc(O)c([C@H](c2ccccn2)N2CCN(CCO)CC2)c1=O. The van der Waals surface area contributed by atoms with Gasteiger partial charge in [0.05, 0.1) is 30.5 Å². The molecule has 8 heteroatoms. The van der Waals surface area contributed by atoms with Gasteiger partial charge >= 0.3 is 0 Å². The predicted octanol–water partition coefficient (Wildman–Crippen LogP) is 0.603. The highest BCUT2D eigenvalue weighted by Gasteiger charge is 2.32. The second-order valence-corrected chi connectivity index (χ2v) is 7.29. The third-order valence-corrected chi connectivity index (χ3v) is 5.47. The number of pyridine rings is 2. The van der Waals surface area contributed by atoms with E-state index in [1.165, 1.54) is 0 Å². The molecule has 158 valence electrons. The lowest BCUT2D eigenvalue weighted by molar-refractivity contribution is 0.0920. The molecule has 29 heavy (non-hydrogen) atoms. The van der Waals surface area contributed by atoms with Gasteiger partial charge < -0.3 is 19.5 Å². The quantitative estimate of drug-likeness (QED) is 0.668. The molecule has 0 radical (unpaired) electrons. The Hall–Kier alpha value is -2.26. The zero-order valence-electron chi connectivity index (χ0n) is 17.1. The highest BCUT2D eigenvalue weighted by molar-refractivity contribution is 5.39. The molecule has 0 unspecified atom stereocenters. The maximum Gasteiger partial charge on any atom is 0.259 e. The number of aromatic nitrogens is 2. The fraction of sp³-hybridized carbons (Fsp3) is 0.524. The van der Waals surface area contributed by atoms with Crippen molar-refractivity contribution in [3.8, 4) is 5.75 Å². The zero-order chi connectivity index (χ0) is 20.8. The average molecular weight is 402 g/mol. The number of aryl methyl sites for hydroxylation is 1. The van der Waals surface area contributed by atoms with Crippen LogP contribution in [-0.4, -0.2) is 82.6 Å². The van der Waals surface area contributed by atoms with E-state index in [0.29, 0.717) is 44.0 Å². The molecule has 1 saturated heterocycles. The summed E-state index contributed by atoms with van der Waals surface area (Å²) in [5.41, 5.74) is 1.56. The van der Waals surface area contributed by atoms with Crippen molar-refractivity contribution in [3.05, 3.63) is 57.8 Å². The van der Waals surface area contributed by atoms with Crippen molar-refractivity contribution in [2.75, 3.05) is 53.0 Å². The Morgan fingerprint density at radius 3 is 2.59 bits per heavy atom. The van der Waals surface area contributed by atoms with Gasteiger partial charge in [-0.25, -0.2) is 0 Å². The Morgan fingerprint density at radius 2 is 1.97 bits per heavy atom. The first-order valence-corrected chi connectivity index (χ1v) is 9.97. The second-order valence-electron chi connectivity index (χ2n) is 7.29. The van der Waals surface area contributed by atoms with Crippen molar-refractivity contribution in [3.63, 3.8) is 0 Å². The lowest BCUT2D eigenvalue weighted by atomic mass is 10.00. The van der Waals surface area contributed by atoms with Crippen LogP contribution in [0.2, 0.25) is 0 Å². The minimum absolute atomic E-state index is 0.00499. The van der Waals surface area contributed by atoms with Gasteiger partial charge in [0, 0.05) is 58.3 Å². The van der Waals surface area contributed by atoms with E-state index in [1.807, 2.05) is 25.1 Å². The van der Waals surface area contributed by atoms with Crippen LogP contribution in [0.15, 0.2) is 35.3 Å². The molecule has 0 saturated carbocycles. The first-order chi connectivity index (χ1) is 14.1. The fourth-order valence-electron chi connectivity index (χ4n) is 3.93. The van der Waals surface area contributed by atoms with Crippen molar-refractivity contribution in [1.82, 2.24) is 19.4 Å². The zero-order valence-corrected chi connectivity index (χ0v) is 17.1. The van der Waals surface area contributed by atoms with E-state index in [9.17, 15) is 15.0 Å². The minimum Gasteiger partial charge on any atom is -0.507 e. The van der Waals surface area contributed by atoms with Crippen LogP contribution in [-0.2, 0) is 11.3 Å². The molecule has 2 aromatic rings. The van der Waals surface area contributed by atoms with E-state index < -0.39 is 6.04 Å². The molecule has 1 fully saturated rings. The molecule has 3 heterocycles. The van der Waals surface area contributed by atoms with E-state index in [0.717, 1.165) is 18.8 Å². The number of aliphatic hydroxyl groups excluding tert-OH is 1. The van der Waals surface area contributed by atoms with Crippen LogP contribution in [0.4, 0.5) is 0 Å². The number of ether oxygens (including phenoxy) is 1. The standard InChI is InChI=1S/C21H30N4O4/c1-16-15-18(27)19(21(28)25(16)12-14-29-2)20(17-5-3-4-6-22-17)24-9-7-23(8-10-24)11-13-26/h3-6,15,20,26-27H,7-14H2,1-2H3/t20-/m0/s1. The van der Waals surface area contributed by atoms with Crippen LogP contribution in [0, 0.1) is 6.92 Å². The molecule has 1 aliphatic rings. The monoisotopic (exact) mass is 402 g/mol. The van der Waals surface area contributed by atoms with Crippen molar-refractivity contribution in [1.29, 1.82) is 0 Å². The summed E-state index contributed by atoms with van der Waals surface area (Å²) in [6.07, 6.45) is 1.71. The molecular weight excluding hydrogens is 372 g/mol. The summed E-state index contributed by atoms with van der Waals surface area (Å²) >= 11 is 0. The van der Waals surface area contributed by atoms with Crippen LogP contribution in [0.5, 0.6) is 5.75 Å². The number of hydrogen-bond acceptors (Lipinski definition) is 7. The summed E-state index contributed by atoms with van der Waals surface area (Å²) < 4.78 is 6.80. The Labute approximate surface area is 171 Å². The van der Waals surface area contributed by atoms with E-state index >= 15 is 0 Å². The Balaban J connectivity index is 2.03. The topological polar surface area (TPSA) is 91.1 Å². The van der Waals surface area contributed by atoms with Crippen LogP contribution >= 0.6 is 0 Å². The van der Waals surface area contributed by atoms with E-state index in [-0.39, 0.29) is 17.9 Å². The summed E-state index contributed by atoms with van der Waals surface area (Å²) in [4.78, 5) is 22.3. The van der Waals surface area contributed by atoms with Crippen LogP contribution < -0.4 is 5.56 Å². The maximum atomic E-state index is 13.4. The lowest BCUT2D eigenvalue weighted by Crippen LogP contribution is -2.49. The van der Waals surface area contributed by atoms with E-state index in [4.69, 9.17) is 4.74 Å². The van der Waals surface area contributed by atoms with Gasteiger partial charge in [0.1, 0.15) is 5.75 Å². The average Bonchev–Trinajstić information content (AvgIpc) is 2.72. The lowest BCUT2D eigenvalue weighted by Gasteiger charge is -2.39.